The van der Waals surface area contributed by atoms with Crippen molar-refractivity contribution in [3.8, 4) is 5.75 Å². The quantitative estimate of drug-likeness (QED) is 0.544. The van der Waals surface area contributed by atoms with Crippen LogP contribution in [0.5, 0.6) is 5.75 Å². The number of hydrogen-bond acceptors (Lipinski definition) is 6. The summed E-state index contributed by atoms with van der Waals surface area (Å²) in [5, 5.41) is 19.4. The number of primary sulfonamides is 1. The lowest BCUT2D eigenvalue weighted by molar-refractivity contribution is -0.384. The molecule has 3 N–H and O–H groups in total. The van der Waals surface area contributed by atoms with E-state index in [0.717, 1.165) is 5.56 Å². The van der Waals surface area contributed by atoms with Crippen molar-refractivity contribution in [2.75, 3.05) is 19.0 Å². The Hall–Kier alpha value is -2.36. The van der Waals surface area contributed by atoms with Crippen molar-refractivity contribution in [2.45, 2.75) is 18.2 Å². The Labute approximate surface area is 156 Å². The number of non-ortho nitro benzene ring substituents is 1. The van der Waals surface area contributed by atoms with Gasteiger partial charge in [0.25, 0.3) is 5.69 Å². The second-order valence-electron chi connectivity index (χ2n) is 5.58. The molecular formula is C16H18ClN3O5S. The van der Waals surface area contributed by atoms with Crippen LogP contribution in [-0.4, -0.2) is 27.0 Å². The Balaban J connectivity index is 2.15. The Morgan fingerprint density at radius 2 is 2.00 bits per heavy atom. The number of nitro benzene ring substituents is 1. The molecule has 0 heterocycles. The zero-order valence-corrected chi connectivity index (χ0v) is 15.7. The highest BCUT2D eigenvalue weighted by Crippen LogP contribution is 2.31. The van der Waals surface area contributed by atoms with Gasteiger partial charge in [-0.25, -0.2) is 13.6 Å². The SMILES string of the molecule is COc1ccc(CCNc2c(C)cc([N+](=O)[O-])cc2Cl)cc1S(N)(=O)=O. The van der Waals surface area contributed by atoms with E-state index in [4.69, 9.17) is 21.5 Å². The number of rotatable bonds is 7. The molecule has 10 heteroatoms. The van der Waals surface area contributed by atoms with Crippen LogP contribution >= 0.6 is 11.6 Å². The van der Waals surface area contributed by atoms with Gasteiger partial charge in [0, 0.05) is 18.7 Å². The lowest BCUT2D eigenvalue weighted by Crippen LogP contribution is -2.14. The predicted molar refractivity (Wildman–Crippen MR) is 99.4 cm³/mol. The smallest absolute Gasteiger partial charge is 0.271 e. The van der Waals surface area contributed by atoms with Gasteiger partial charge in [-0.05, 0) is 36.6 Å². The average Bonchev–Trinajstić information content (AvgIpc) is 2.56. The topological polar surface area (TPSA) is 125 Å². The Morgan fingerprint density at radius 3 is 2.54 bits per heavy atom. The molecule has 0 saturated carbocycles. The summed E-state index contributed by atoms with van der Waals surface area (Å²) < 4.78 is 28.3. The highest BCUT2D eigenvalue weighted by atomic mass is 35.5. The molecule has 0 aliphatic heterocycles. The zero-order chi connectivity index (χ0) is 19.5. The molecule has 2 aromatic rings. The summed E-state index contributed by atoms with van der Waals surface area (Å²) >= 11 is 6.11. The maximum Gasteiger partial charge on any atom is 0.271 e. The number of aryl methyl sites for hydroxylation is 1. The summed E-state index contributed by atoms with van der Waals surface area (Å²) in [6.07, 6.45) is 0.485. The number of nitrogens with one attached hydrogen (secondary N) is 1. The molecule has 0 aliphatic rings. The first-order valence-electron chi connectivity index (χ1n) is 7.51. The van der Waals surface area contributed by atoms with E-state index in [-0.39, 0.29) is 21.4 Å². The Morgan fingerprint density at radius 1 is 1.31 bits per heavy atom. The molecule has 0 bridgehead atoms. The third-order valence-corrected chi connectivity index (χ3v) is 4.96. The summed E-state index contributed by atoms with van der Waals surface area (Å²) in [4.78, 5) is 10.3. The second-order valence-corrected chi connectivity index (χ2v) is 7.52. The van der Waals surface area contributed by atoms with E-state index in [2.05, 4.69) is 5.32 Å². The molecule has 2 rings (SSSR count). The van der Waals surface area contributed by atoms with Gasteiger partial charge >= 0.3 is 0 Å². The summed E-state index contributed by atoms with van der Waals surface area (Å²) in [5.41, 5.74) is 1.89. The predicted octanol–water partition coefficient (Wildman–Crippen LogP) is 2.87. The molecule has 0 amide bonds. The van der Waals surface area contributed by atoms with Gasteiger partial charge in [-0.2, -0.15) is 0 Å². The van der Waals surface area contributed by atoms with Crippen LogP contribution in [0.3, 0.4) is 0 Å². The molecule has 0 spiro atoms. The summed E-state index contributed by atoms with van der Waals surface area (Å²) in [5.74, 6) is 0.179. The van der Waals surface area contributed by atoms with Crippen LogP contribution in [0.15, 0.2) is 35.2 Å². The molecule has 0 fully saturated rings. The third kappa shape index (κ3) is 4.63. The molecule has 0 aromatic heterocycles. The van der Waals surface area contributed by atoms with Crippen molar-refractivity contribution < 1.29 is 18.1 Å². The van der Waals surface area contributed by atoms with E-state index in [1.165, 1.54) is 25.3 Å². The van der Waals surface area contributed by atoms with Crippen molar-refractivity contribution in [3.05, 3.63) is 56.6 Å². The normalized spacial score (nSPS) is 11.2. The van der Waals surface area contributed by atoms with Crippen molar-refractivity contribution in [2.24, 2.45) is 5.14 Å². The van der Waals surface area contributed by atoms with Crippen LogP contribution in [0.2, 0.25) is 5.02 Å². The molecule has 0 unspecified atom stereocenters. The van der Waals surface area contributed by atoms with Crippen LogP contribution in [0.1, 0.15) is 11.1 Å². The first-order chi connectivity index (χ1) is 12.1. The maximum atomic E-state index is 11.6. The third-order valence-electron chi connectivity index (χ3n) is 3.73. The molecular weight excluding hydrogens is 382 g/mol. The van der Waals surface area contributed by atoms with Crippen molar-refractivity contribution >= 4 is 33.0 Å². The number of sulfonamides is 1. The number of halogens is 1. The zero-order valence-electron chi connectivity index (χ0n) is 14.2. The van der Waals surface area contributed by atoms with Gasteiger partial charge < -0.3 is 10.1 Å². The van der Waals surface area contributed by atoms with Gasteiger partial charge in [-0.15, -0.1) is 0 Å². The van der Waals surface area contributed by atoms with Crippen LogP contribution in [0.25, 0.3) is 0 Å². The van der Waals surface area contributed by atoms with Crippen LogP contribution < -0.4 is 15.2 Å². The second kappa shape index (κ2) is 7.90. The molecule has 26 heavy (non-hydrogen) atoms. The largest absolute Gasteiger partial charge is 0.495 e. The molecule has 0 saturated heterocycles. The standard InChI is InChI=1S/C16H18ClN3O5S/c1-10-7-12(20(21)22)9-13(17)16(10)19-6-5-11-3-4-14(25-2)15(8-11)26(18,23)24/h3-4,7-9,19H,5-6H2,1-2H3,(H2,18,23,24). The molecule has 0 aliphatic carbocycles. The van der Waals surface area contributed by atoms with Crippen LogP contribution in [0, 0.1) is 17.0 Å². The maximum absolute atomic E-state index is 11.6. The van der Waals surface area contributed by atoms with E-state index in [1.807, 2.05) is 0 Å². The van der Waals surface area contributed by atoms with E-state index in [0.29, 0.717) is 24.2 Å². The fourth-order valence-corrected chi connectivity index (χ4v) is 3.56. The van der Waals surface area contributed by atoms with Crippen LogP contribution in [0.4, 0.5) is 11.4 Å². The van der Waals surface area contributed by atoms with Gasteiger partial charge in [0.1, 0.15) is 10.6 Å². The first kappa shape index (κ1) is 20.0. The minimum absolute atomic E-state index is 0.0778. The summed E-state index contributed by atoms with van der Waals surface area (Å²) in [6.45, 7) is 2.16. The van der Waals surface area contributed by atoms with E-state index < -0.39 is 14.9 Å². The lowest BCUT2D eigenvalue weighted by atomic mass is 10.1. The summed E-state index contributed by atoms with van der Waals surface area (Å²) in [6, 6.07) is 7.45. The highest BCUT2D eigenvalue weighted by molar-refractivity contribution is 7.89. The number of ether oxygens (including phenoxy) is 1. The number of hydrogen-bond donors (Lipinski definition) is 2. The van der Waals surface area contributed by atoms with Gasteiger partial charge in [0.05, 0.1) is 22.7 Å². The Bertz CT molecular complexity index is 924. The number of benzene rings is 2. The van der Waals surface area contributed by atoms with Crippen LogP contribution in [-0.2, 0) is 16.4 Å². The molecule has 140 valence electrons. The number of nitrogens with two attached hydrogens (primary N) is 1. The first-order valence-corrected chi connectivity index (χ1v) is 9.44. The number of nitro groups is 1. The number of nitrogens with zero attached hydrogens (tertiary/aromatic N) is 1. The van der Waals surface area contributed by atoms with Gasteiger partial charge in [-0.3, -0.25) is 10.1 Å². The minimum Gasteiger partial charge on any atom is -0.495 e. The summed E-state index contributed by atoms with van der Waals surface area (Å²) in [7, 11) is -2.54. The molecule has 0 radical (unpaired) electrons. The fourth-order valence-electron chi connectivity index (χ4n) is 2.49. The number of methoxy groups -OCH3 is 1. The van der Waals surface area contributed by atoms with Crippen molar-refractivity contribution in [1.29, 1.82) is 0 Å². The highest BCUT2D eigenvalue weighted by Gasteiger charge is 2.16. The molecule has 2 aromatic carbocycles. The lowest BCUT2D eigenvalue weighted by Gasteiger charge is -2.13. The van der Waals surface area contributed by atoms with E-state index in [1.54, 1.807) is 19.1 Å². The van der Waals surface area contributed by atoms with Crippen molar-refractivity contribution in [1.82, 2.24) is 0 Å². The van der Waals surface area contributed by atoms with E-state index >= 15 is 0 Å². The van der Waals surface area contributed by atoms with Gasteiger partial charge in [-0.1, -0.05) is 17.7 Å². The van der Waals surface area contributed by atoms with Crippen molar-refractivity contribution in [3.63, 3.8) is 0 Å². The number of anilines is 1. The minimum atomic E-state index is -3.90. The fraction of sp³-hybridized carbons (Fsp3) is 0.250. The average molecular weight is 400 g/mol. The Kier molecular flexibility index (Phi) is 6.06. The van der Waals surface area contributed by atoms with Gasteiger partial charge in [0.2, 0.25) is 10.0 Å². The monoisotopic (exact) mass is 399 g/mol. The molecule has 0 atom stereocenters. The van der Waals surface area contributed by atoms with Gasteiger partial charge in [0.15, 0.2) is 0 Å². The van der Waals surface area contributed by atoms with E-state index in [9.17, 15) is 18.5 Å². The molecule has 8 nitrogen and oxygen atoms in total.